The lowest BCUT2D eigenvalue weighted by molar-refractivity contribution is 0.102. The molecule has 92 valence electrons. The number of carbonyl (C=O) groups is 1. The second-order valence-corrected chi connectivity index (χ2v) is 4.62. The zero-order valence-electron chi connectivity index (χ0n) is 9.35. The number of nitrogens with one attached hydrogen (secondary N) is 1. The molecular formula is C13H11BrN2O2. The smallest absolute Gasteiger partial charge is 0.257 e. The van der Waals surface area contributed by atoms with Gasteiger partial charge in [0, 0.05) is 10.2 Å². The maximum absolute atomic E-state index is 12.0. The zero-order valence-corrected chi connectivity index (χ0v) is 10.9. The van der Waals surface area contributed by atoms with Crippen LogP contribution in [0.4, 0.5) is 11.4 Å². The van der Waals surface area contributed by atoms with E-state index in [2.05, 4.69) is 21.2 Å². The van der Waals surface area contributed by atoms with Crippen LogP contribution >= 0.6 is 15.9 Å². The van der Waals surface area contributed by atoms with Crippen LogP contribution in [-0.2, 0) is 0 Å². The highest BCUT2D eigenvalue weighted by atomic mass is 79.9. The lowest BCUT2D eigenvalue weighted by atomic mass is 10.1. The molecular weight excluding hydrogens is 296 g/mol. The molecule has 0 atom stereocenters. The summed E-state index contributed by atoms with van der Waals surface area (Å²) in [5.74, 6) is -0.352. The normalized spacial score (nSPS) is 10.1. The lowest BCUT2D eigenvalue weighted by Crippen LogP contribution is -2.14. The molecule has 2 aromatic rings. The summed E-state index contributed by atoms with van der Waals surface area (Å²) in [5.41, 5.74) is 6.82. The van der Waals surface area contributed by atoms with E-state index in [9.17, 15) is 9.90 Å². The molecule has 0 aromatic heterocycles. The van der Waals surface area contributed by atoms with Crippen LogP contribution in [0.15, 0.2) is 46.9 Å². The molecule has 2 rings (SSSR count). The Labute approximate surface area is 113 Å². The van der Waals surface area contributed by atoms with Crippen LogP contribution in [0.1, 0.15) is 10.4 Å². The first-order chi connectivity index (χ1) is 8.58. The van der Waals surface area contributed by atoms with Gasteiger partial charge in [0.25, 0.3) is 5.91 Å². The van der Waals surface area contributed by atoms with Crippen molar-refractivity contribution in [2.24, 2.45) is 0 Å². The van der Waals surface area contributed by atoms with Crippen molar-refractivity contribution in [3.63, 3.8) is 0 Å². The highest BCUT2D eigenvalue weighted by Gasteiger charge is 2.11. The second-order valence-electron chi connectivity index (χ2n) is 3.70. The minimum absolute atomic E-state index is 0.0134. The number of phenols is 1. The third-order valence-corrected chi connectivity index (χ3v) is 2.91. The van der Waals surface area contributed by atoms with Crippen molar-refractivity contribution in [3.8, 4) is 5.75 Å². The molecule has 0 heterocycles. The fourth-order valence-electron chi connectivity index (χ4n) is 1.49. The van der Waals surface area contributed by atoms with Crippen LogP contribution in [0.2, 0.25) is 0 Å². The summed E-state index contributed by atoms with van der Waals surface area (Å²) < 4.78 is 0.763. The quantitative estimate of drug-likeness (QED) is 0.590. The van der Waals surface area contributed by atoms with E-state index in [0.717, 1.165) is 4.47 Å². The monoisotopic (exact) mass is 306 g/mol. The number of rotatable bonds is 2. The minimum Gasteiger partial charge on any atom is -0.506 e. The first kappa shape index (κ1) is 12.4. The summed E-state index contributed by atoms with van der Waals surface area (Å²) in [5, 5.41) is 12.2. The Bertz CT molecular complexity index is 599. The highest BCUT2D eigenvalue weighted by molar-refractivity contribution is 9.10. The molecule has 0 bridgehead atoms. The Morgan fingerprint density at radius 3 is 2.67 bits per heavy atom. The third kappa shape index (κ3) is 2.62. The highest BCUT2D eigenvalue weighted by Crippen LogP contribution is 2.24. The van der Waals surface area contributed by atoms with Crippen molar-refractivity contribution in [2.45, 2.75) is 0 Å². The molecule has 18 heavy (non-hydrogen) atoms. The largest absolute Gasteiger partial charge is 0.506 e. The fourth-order valence-corrected chi connectivity index (χ4v) is 1.86. The molecule has 0 saturated carbocycles. The van der Waals surface area contributed by atoms with Crippen molar-refractivity contribution < 1.29 is 9.90 Å². The van der Waals surface area contributed by atoms with Crippen LogP contribution in [0.5, 0.6) is 5.75 Å². The Balaban J connectivity index is 2.28. The summed E-state index contributed by atoms with van der Waals surface area (Å²) in [4.78, 5) is 12.0. The van der Waals surface area contributed by atoms with Crippen molar-refractivity contribution in [1.82, 2.24) is 0 Å². The molecule has 0 spiro atoms. The average Bonchev–Trinajstić information content (AvgIpc) is 2.35. The molecule has 4 N–H and O–H groups in total. The van der Waals surface area contributed by atoms with E-state index in [-0.39, 0.29) is 11.7 Å². The minimum atomic E-state index is -0.365. The molecule has 0 saturated heterocycles. The predicted octanol–water partition coefficient (Wildman–Crippen LogP) is 2.99. The van der Waals surface area contributed by atoms with Gasteiger partial charge in [0.2, 0.25) is 0 Å². The Kier molecular flexibility index (Phi) is 3.53. The Morgan fingerprint density at radius 1 is 1.22 bits per heavy atom. The predicted molar refractivity (Wildman–Crippen MR) is 74.6 cm³/mol. The van der Waals surface area contributed by atoms with Crippen molar-refractivity contribution in [1.29, 1.82) is 0 Å². The van der Waals surface area contributed by atoms with Gasteiger partial charge in [-0.3, -0.25) is 4.79 Å². The number of benzene rings is 2. The molecule has 0 aliphatic heterocycles. The summed E-state index contributed by atoms with van der Waals surface area (Å²) in [6, 6.07) is 11.5. The SMILES string of the molecule is Nc1ccc(Br)cc1C(=O)Nc1ccccc1O. The number of hydrogen-bond acceptors (Lipinski definition) is 3. The van der Waals surface area contributed by atoms with Gasteiger partial charge in [-0.1, -0.05) is 28.1 Å². The fraction of sp³-hybridized carbons (Fsp3) is 0. The number of hydrogen-bond donors (Lipinski definition) is 3. The zero-order chi connectivity index (χ0) is 13.1. The lowest BCUT2D eigenvalue weighted by Gasteiger charge is -2.09. The van der Waals surface area contributed by atoms with E-state index in [4.69, 9.17) is 5.73 Å². The van der Waals surface area contributed by atoms with Gasteiger partial charge in [-0.2, -0.15) is 0 Å². The first-order valence-electron chi connectivity index (χ1n) is 5.22. The van der Waals surface area contributed by atoms with Crippen LogP contribution in [0.3, 0.4) is 0 Å². The second kappa shape index (κ2) is 5.10. The summed E-state index contributed by atoms with van der Waals surface area (Å²) >= 11 is 3.28. The van der Waals surface area contributed by atoms with Crippen LogP contribution in [0.25, 0.3) is 0 Å². The van der Waals surface area contributed by atoms with Gasteiger partial charge in [-0.15, -0.1) is 0 Å². The summed E-state index contributed by atoms with van der Waals surface area (Å²) in [7, 11) is 0. The maximum Gasteiger partial charge on any atom is 0.257 e. The summed E-state index contributed by atoms with van der Waals surface area (Å²) in [6.45, 7) is 0. The number of amides is 1. The number of carbonyl (C=O) groups excluding carboxylic acids is 1. The Morgan fingerprint density at radius 2 is 1.94 bits per heavy atom. The van der Waals surface area contributed by atoms with E-state index < -0.39 is 0 Å². The molecule has 5 heteroatoms. The number of para-hydroxylation sites is 2. The van der Waals surface area contributed by atoms with Gasteiger partial charge in [-0.25, -0.2) is 0 Å². The molecule has 0 aliphatic carbocycles. The molecule has 0 radical (unpaired) electrons. The van der Waals surface area contributed by atoms with Crippen molar-refractivity contribution in [3.05, 3.63) is 52.5 Å². The number of aromatic hydroxyl groups is 1. The van der Waals surface area contributed by atoms with E-state index >= 15 is 0 Å². The molecule has 1 amide bonds. The Hall–Kier alpha value is -2.01. The van der Waals surface area contributed by atoms with Crippen LogP contribution < -0.4 is 11.1 Å². The molecule has 2 aromatic carbocycles. The van der Waals surface area contributed by atoms with Crippen molar-refractivity contribution >= 4 is 33.2 Å². The number of anilines is 2. The average molecular weight is 307 g/mol. The standard InChI is InChI=1S/C13H11BrN2O2/c14-8-5-6-10(15)9(7-8)13(18)16-11-3-1-2-4-12(11)17/h1-7,17H,15H2,(H,16,18). The number of nitrogens with two attached hydrogens (primary N) is 1. The molecule has 4 nitrogen and oxygen atoms in total. The van der Waals surface area contributed by atoms with E-state index in [1.54, 1.807) is 36.4 Å². The third-order valence-electron chi connectivity index (χ3n) is 2.41. The van der Waals surface area contributed by atoms with E-state index in [1.807, 2.05) is 0 Å². The van der Waals surface area contributed by atoms with E-state index in [0.29, 0.717) is 16.9 Å². The van der Waals surface area contributed by atoms with Crippen LogP contribution in [-0.4, -0.2) is 11.0 Å². The maximum atomic E-state index is 12.0. The first-order valence-corrected chi connectivity index (χ1v) is 6.01. The van der Waals surface area contributed by atoms with Crippen LogP contribution in [0, 0.1) is 0 Å². The van der Waals surface area contributed by atoms with Gasteiger partial charge in [-0.05, 0) is 30.3 Å². The number of nitrogen functional groups attached to an aromatic ring is 1. The van der Waals surface area contributed by atoms with Gasteiger partial charge in [0.1, 0.15) is 5.75 Å². The number of phenolic OH excluding ortho intramolecular Hbond substituents is 1. The van der Waals surface area contributed by atoms with Gasteiger partial charge < -0.3 is 16.2 Å². The molecule has 0 fully saturated rings. The molecule has 0 aliphatic rings. The van der Waals surface area contributed by atoms with Gasteiger partial charge in [0.05, 0.1) is 11.3 Å². The van der Waals surface area contributed by atoms with Gasteiger partial charge >= 0.3 is 0 Å². The summed E-state index contributed by atoms with van der Waals surface area (Å²) in [6.07, 6.45) is 0. The van der Waals surface area contributed by atoms with E-state index in [1.165, 1.54) is 6.07 Å². The van der Waals surface area contributed by atoms with Gasteiger partial charge in [0.15, 0.2) is 0 Å². The molecule has 0 unspecified atom stereocenters. The number of halogens is 1. The topological polar surface area (TPSA) is 75.4 Å². The van der Waals surface area contributed by atoms with Crippen molar-refractivity contribution in [2.75, 3.05) is 11.1 Å².